The van der Waals surface area contributed by atoms with Crippen molar-refractivity contribution in [3.63, 3.8) is 0 Å². The Morgan fingerprint density at radius 1 is 1.18 bits per heavy atom. The van der Waals surface area contributed by atoms with Crippen LogP contribution in [0.5, 0.6) is 5.75 Å². The van der Waals surface area contributed by atoms with Gasteiger partial charge in [0.1, 0.15) is 5.75 Å². The number of carbonyl (C=O) groups is 1. The summed E-state index contributed by atoms with van der Waals surface area (Å²) in [6.45, 7) is 0. The van der Waals surface area contributed by atoms with Gasteiger partial charge in [-0.25, -0.2) is 14.8 Å². The molecule has 0 spiro atoms. The van der Waals surface area contributed by atoms with Crippen LogP contribution in [0.2, 0.25) is 0 Å². The summed E-state index contributed by atoms with van der Waals surface area (Å²) in [5, 5.41) is 9.88. The van der Waals surface area contributed by atoms with Crippen molar-refractivity contribution in [2.75, 3.05) is 7.11 Å². The number of aromatic nitrogens is 2. The van der Waals surface area contributed by atoms with Gasteiger partial charge in [-0.3, -0.25) is 0 Å². The van der Waals surface area contributed by atoms with Gasteiger partial charge in [0.05, 0.1) is 12.6 Å². The molecule has 0 radical (unpaired) electrons. The van der Waals surface area contributed by atoms with E-state index in [2.05, 4.69) is 25.9 Å². The van der Waals surface area contributed by atoms with E-state index in [0.717, 1.165) is 10.0 Å². The quantitative estimate of drug-likeness (QED) is 0.771. The Labute approximate surface area is 134 Å². The van der Waals surface area contributed by atoms with Crippen molar-refractivity contribution >= 4 is 32.8 Å². The SMILES string of the molecule is COc1ccc2c(C(=O)O)nc(-c3cccc(Br)c3)nc2c1. The van der Waals surface area contributed by atoms with Gasteiger partial charge in [0.15, 0.2) is 11.5 Å². The van der Waals surface area contributed by atoms with Gasteiger partial charge in [0.2, 0.25) is 0 Å². The first-order valence-corrected chi connectivity index (χ1v) is 7.23. The smallest absolute Gasteiger partial charge is 0.355 e. The highest BCUT2D eigenvalue weighted by Crippen LogP contribution is 2.26. The maximum atomic E-state index is 11.5. The average Bonchev–Trinajstić information content (AvgIpc) is 2.53. The number of carboxylic acids is 1. The van der Waals surface area contributed by atoms with Gasteiger partial charge in [-0.15, -0.1) is 0 Å². The molecule has 0 saturated heterocycles. The number of halogens is 1. The molecule has 0 amide bonds. The molecule has 2 aromatic carbocycles. The van der Waals surface area contributed by atoms with Crippen LogP contribution in [-0.2, 0) is 0 Å². The van der Waals surface area contributed by atoms with Crippen molar-refractivity contribution in [2.45, 2.75) is 0 Å². The largest absolute Gasteiger partial charge is 0.497 e. The van der Waals surface area contributed by atoms with Crippen LogP contribution in [-0.4, -0.2) is 28.2 Å². The van der Waals surface area contributed by atoms with Gasteiger partial charge in [0, 0.05) is 21.5 Å². The number of hydrogen-bond acceptors (Lipinski definition) is 4. The van der Waals surface area contributed by atoms with Gasteiger partial charge in [-0.2, -0.15) is 0 Å². The molecule has 0 aliphatic rings. The molecule has 6 heteroatoms. The Kier molecular flexibility index (Phi) is 3.77. The lowest BCUT2D eigenvalue weighted by molar-refractivity contribution is 0.0693. The summed E-state index contributed by atoms with van der Waals surface area (Å²) in [6.07, 6.45) is 0. The van der Waals surface area contributed by atoms with Gasteiger partial charge >= 0.3 is 5.97 Å². The molecule has 22 heavy (non-hydrogen) atoms. The zero-order chi connectivity index (χ0) is 15.7. The fraction of sp³-hybridized carbons (Fsp3) is 0.0625. The zero-order valence-corrected chi connectivity index (χ0v) is 13.2. The summed E-state index contributed by atoms with van der Waals surface area (Å²) in [7, 11) is 1.55. The summed E-state index contributed by atoms with van der Waals surface area (Å²) in [5.74, 6) is -0.115. The van der Waals surface area contributed by atoms with Crippen LogP contribution in [0.15, 0.2) is 46.9 Å². The number of nitrogens with zero attached hydrogens (tertiary/aromatic N) is 2. The van der Waals surface area contributed by atoms with Crippen LogP contribution in [0.3, 0.4) is 0 Å². The molecule has 0 aliphatic heterocycles. The number of methoxy groups -OCH3 is 1. The third-order valence-corrected chi connectivity index (χ3v) is 3.68. The molecule has 1 heterocycles. The topological polar surface area (TPSA) is 72.3 Å². The van der Waals surface area contributed by atoms with Crippen molar-refractivity contribution in [3.05, 3.63) is 52.6 Å². The molecule has 0 bridgehead atoms. The van der Waals surface area contributed by atoms with Gasteiger partial charge in [0.25, 0.3) is 0 Å². The molecule has 1 aromatic heterocycles. The van der Waals surface area contributed by atoms with E-state index in [-0.39, 0.29) is 5.69 Å². The lowest BCUT2D eigenvalue weighted by Crippen LogP contribution is -2.05. The third kappa shape index (κ3) is 2.65. The van der Waals surface area contributed by atoms with Crippen molar-refractivity contribution in [1.82, 2.24) is 9.97 Å². The van der Waals surface area contributed by atoms with Gasteiger partial charge in [-0.1, -0.05) is 28.1 Å². The number of hydrogen-bond donors (Lipinski definition) is 1. The fourth-order valence-electron chi connectivity index (χ4n) is 2.16. The monoisotopic (exact) mass is 358 g/mol. The Morgan fingerprint density at radius 2 is 2.00 bits per heavy atom. The van der Waals surface area contributed by atoms with Crippen LogP contribution < -0.4 is 4.74 Å². The van der Waals surface area contributed by atoms with Crippen molar-refractivity contribution < 1.29 is 14.6 Å². The molecule has 0 atom stereocenters. The standard InChI is InChI=1S/C16H11BrN2O3/c1-22-11-5-6-12-13(8-11)18-15(19-14(12)16(20)21)9-3-2-4-10(17)7-9/h2-8H,1H3,(H,20,21). The van der Waals surface area contributed by atoms with Crippen LogP contribution in [0.25, 0.3) is 22.3 Å². The summed E-state index contributed by atoms with van der Waals surface area (Å²) < 4.78 is 6.04. The molecule has 5 nitrogen and oxygen atoms in total. The first kappa shape index (κ1) is 14.5. The second kappa shape index (κ2) is 5.73. The highest BCUT2D eigenvalue weighted by Gasteiger charge is 2.15. The fourth-order valence-corrected chi connectivity index (χ4v) is 2.56. The predicted octanol–water partition coefficient (Wildman–Crippen LogP) is 3.77. The Bertz CT molecular complexity index is 880. The molecule has 110 valence electrons. The van der Waals surface area contributed by atoms with E-state index in [0.29, 0.717) is 22.5 Å². The molecule has 1 N–H and O–H groups in total. The second-order valence-corrected chi connectivity index (χ2v) is 5.51. The highest BCUT2D eigenvalue weighted by atomic mass is 79.9. The van der Waals surface area contributed by atoms with E-state index in [4.69, 9.17) is 4.74 Å². The minimum absolute atomic E-state index is 0.0253. The van der Waals surface area contributed by atoms with Gasteiger partial charge < -0.3 is 9.84 Å². The summed E-state index contributed by atoms with van der Waals surface area (Å²) in [4.78, 5) is 20.1. The number of benzene rings is 2. The highest BCUT2D eigenvalue weighted by molar-refractivity contribution is 9.10. The van der Waals surface area contributed by atoms with E-state index >= 15 is 0 Å². The first-order chi connectivity index (χ1) is 10.6. The number of rotatable bonds is 3. The number of carboxylic acid groups (broad SMARTS) is 1. The van der Waals surface area contributed by atoms with Crippen LogP contribution in [0.1, 0.15) is 10.5 Å². The summed E-state index contributed by atoms with van der Waals surface area (Å²) in [6, 6.07) is 12.4. The minimum Gasteiger partial charge on any atom is -0.497 e. The minimum atomic E-state index is -1.09. The normalized spacial score (nSPS) is 10.6. The summed E-state index contributed by atoms with van der Waals surface area (Å²) in [5.41, 5.74) is 1.24. The molecular formula is C16H11BrN2O3. The lowest BCUT2D eigenvalue weighted by Gasteiger charge is -2.08. The third-order valence-electron chi connectivity index (χ3n) is 3.19. The molecule has 0 unspecified atom stereocenters. The Hall–Kier alpha value is -2.47. The number of ether oxygens (including phenoxy) is 1. The molecule has 3 aromatic rings. The molecule has 0 aliphatic carbocycles. The zero-order valence-electron chi connectivity index (χ0n) is 11.6. The van der Waals surface area contributed by atoms with Crippen LogP contribution in [0, 0.1) is 0 Å². The van der Waals surface area contributed by atoms with Crippen LogP contribution in [0.4, 0.5) is 0 Å². The maximum Gasteiger partial charge on any atom is 0.355 e. The Morgan fingerprint density at radius 3 is 2.68 bits per heavy atom. The molecule has 0 saturated carbocycles. The molecular weight excluding hydrogens is 348 g/mol. The maximum absolute atomic E-state index is 11.5. The number of aromatic carboxylic acids is 1. The van der Waals surface area contributed by atoms with Crippen molar-refractivity contribution in [2.24, 2.45) is 0 Å². The van der Waals surface area contributed by atoms with Crippen molar-refractivity contribution in [1.29, 1.82) is 0 Å². The van der Waals surface area contributed by atoms with E-state index in [1.807, 2.05) is 24.3 Å². The first-order valence-electron chi connectivity index (χ1n) is 6.43. The van der Waals surface area contributed by atoms with Crippen LogP contribution >= 0.6 is 15.9 Å². The number of fused-ring (bicyclic) bond motifs is 1. The second-order valence-electron chi connectivity index (χ2n) is 4.59. The van der Waals surface area contributed by atoms with Crippen molar-refractivity contribution in [3.8, 4) is 17.1 Å². The van der Waals surface area contributed by atoms with Gasteiger partial charge in [-0.05, 0) is 24.3 Å². The average molecular weight is 359 g/mol. The summed E-state index contributed by atoms with van der Waals surface area (Å²) >= 11 is 3.39. The Balaban J connectivity index is 2.29. The lowest BCUT2D eigenvalue weighted by atomic mass is 10.1. The predicted molar refractivity (Wildman–Crippen MR) is 86.2 cm³/mol. The van der Waals surface area contributed by atoms with E-state index in [1.54, 1.807) is 25.3 Å². The van der Waals surface area contributed by atoms with E-state index in [1.165, 1.54) is 0 Å². The van der Waals surface area contributed by atoms with E-state index < -0.39 is 5.97 Å². The van der Waals surface area contributed by atoms with E-state index in [9.17, 15) is 9.90 Å². The molecule has 0 fully saturated rings. The molecule has 3 rings (SSSR count).